The topological polar surface area (TPSA) is 38.8 Å². The molecule has 0 saturated carbocycles. The van der Waals surface area contributed by atoms with Gasteiger partial charge < -0.3 is 9.47 Å². The molecule has 2 heterocycles. The van der Waals surface area contributed by atoms with Crippen LogP contribution in [0.1, 0.15) is 49.0 Å². The second kappa shape index (κ2) is 9.67. The van der Waals surface area contributed by atoms with Gasteiger partial charge in [0.2, 0.25) is 0 Å². The third-order valence-electron chi connectivity index (χ3n) is 5.55. The molecule has 0 spiro atoms. The standard InChI is InChI=1S/C25H29NO3.ClH/c1-25(2)18-23(27)22-10-9-21(17-24(22)29-25)28-16-6-13-26-14-11-20(12-15-26)19-7-4-3-5-8-19;/h3-5,7-11,17H,6,12-16,18H2,1-2H3;1H. The summed E-state index contributed by atoms with van der Waals surface area (Å²) in [4.78, 5) is 14.7. The van der Waals surface area contributed by atoms with Gasteiger partial charge in [-0.25, -0.2) is 0 Å². The first kappa shape index (κ1) is 22.4. The van der Waals surface area contributed by atoms with Crippen molar-refractivity contribution in [3.05, 3.63) is 65.7 Å². The fraction of sp³-hybridized carbons (Fsp3) is 0.400. The molecule has 0 amide bonds. The summed E-state index contributed by atoms with van der Waals surface area (Å²) in [6, 6.07) is 16.2. The van der Waals surface area contributed by atoms with E-state index in [1.54, 1.807) is 0 Å². The number of halogens is 1. The molecule has 2 aliphatic heterocycles. The van der Waals surface area contributed by atoms with Crippen molar-refractivity contribution in [1.82, 2.24) is 4.90 Å². The summed E-state index contributed by atoms with van der Waals surface area (Å²) < 4.78 is 11.9. The predicted molar refractivity (Wildman–Crippen MR) is 123 cm³/mol. The van der Waals surface area contributed by atoms with Crippen LogP contribution in [0.3, 0.4) is 0 Å². The molecule has 30 heavy (non-hydrogen) atoms. The molecule has 5 heteroatoms. The van der Waals surface area contributed by atoms with Gasteiger partial charge in [-0.1, -0.05) is 36.4 Å². The summed E-state index contributed by atoms with van der Waals surface area (Å²) in [5.41, 5.74) is 2.99. The van der Waals surface area contributed by atoms with Crippen molar-refractivity contribution >= 4 is 23.8 Å². The van der Waals surface area contributed by atoms with E-state index >= 15 is 0 Å². The summed E-state index contributed by atoms with van der Waals surface area (Å²) in [5.74, 6) is 1.54. The highest BCUT2D eigenvalue weighted by molar-refractivity contribution is 6.00. The number of hydrogen-bond donors (Lipinski definition) is 0. The largest absolute Gasteiger partial charge is 0.493 e. The average Bonchev–Trinajstić information content (AvgIpc) is 2.71. The maximum Gasteiger partial charge on any atom is 0.170 e. The van der Waals surface area contributed by atoms with Gasteiger partial charge in [0, 0.05) is 25.7 Å². The fourth-order valence-corrected chi connectivity index (χ4v) is 4.03. The van der Waals surface area contributed by atoms with Crippen LogP contribution in [0.4, 0.5) is 0 Å². The maximum atomic E-state index is 12.2. The Hall–Kier alpha value is -2.30. The van der Waals surface area contributed by atoms with Crippen LogP contribution in [-0.4, -0.2) is 42.5 Å². The minimum absolute atomic E-state index is 0. The molecular weight excluding hydrogens is 398 g/mol. The normalized spacial score (nSPS) is 17.9. The molecule has 0 N–H and O–H groups in total. The van der Waals surface area contributed by atoms with Crippen molar-refractivity contribution in [2.75, 3.05) is 26.2 Å². The van der Waals surface area contributed by atoms with Crippen LogP contribution in [0.2, 0.25) is 0 Å². The highest BCUT2D eigenvalue weighted by Gasteiger charge is 2.32. The first-order valence-electron chi connectivity index (χ1n) is 10.5. The van der Waals surface area contributed by atoms with Gasteiger partial charge in [-0.2, -0.15) is 0 Å². The average molecular weight is 428 g/mol. The molecule has 0 radical (unpaired) electrons. The van der Waals surface area contributed by atoms with Gasteiger partial charge in [-0.05, 0) is 50.0 Å². The van der Waals surface area contributed by atoms with Crippen LogP contribution in [0.25, 0.3) is 5.57 Å². The number of ether oxygens (including phenoxy) is 2. The zero-order valence-corrected chi connectivity index (χ0v) is 18.5. The number of hydrogen-bond acceptors (Lipinski definition) is 4. The number of nitrogens with zero attached hydrogens (tertiary/aromatic N) is 1. The van der Waals surface area contributed by atoms with E-state index in [-0.39, 0.29) is 18.2 Å². The van der Waals surface area contributed by atoms with Crippen molar-refractivity contribution in [3.63, 3.8) is 0 Å². The van der Waals surface area contributed by atoms with Gasteiger partial charge in [-0.3, -0.25) is 9.69 Å². The quantitative estimate of drug-likeness (QED) is 0.578. The molecule has 0 atom stereocenters. The molecule has 0 aromatic heterocycles. The molecule has 4 rings (SSSR count). The van der Waals surface area contributed by atoms with Crippen LogP contribution in [0.15, 0.2) is 54.6 Å². The van der Waals surface area contributed by atoms with Crippen molar-refractivity contribution in [2.24, 2.45) is 0 Å². The van der Waals surface area contributed by atoms with Crippen LogP contribution >= 0.6 is 12.4 Å². The molecule has 2 aromatic carbocycles. The molecule has 2 aliphatic rings. The number of carbonyl (C=O) groups excluding carboxylic acids is 1. The molecule has 0 aliphatic carbocycles. The van der Waals surface area contributed by atoms with Crippen LogP contribution < -0.4 is 9.47 Å². The lowest BCUT2D eigenvalue weighted by molar-refractivity contribution is 0.0618. The Morgan fingerprint density at radius 1 is 1.13 bits per heavy atom. The molecule has 0 unspecified atom stereocenters. The van der Waals surface area contributed by atoms with Gasteiger partial charge in [0.05, 0.1) is 18.6 Å². The third kappa shape index (κ3) is 5.44. The first-order chi connectivity index (χ1) is 14.0. The van der Waals surface area contributed by atoms with Gasteiger partial charge >= 0.3 is 0 Å². The van der Waals surface area contributed by atoms with Gasteiger partial charge in [0.1, 0.15) is 17.1 Å². The second-order valence-electron chi connectivity index (χ2n) is 8.47. The van der Waals surface area contributed by atoms with E-state index in [1.165, 1.54) is 11.1 Å². The minimum atomic E-state index is -0.455. The monoisotopic (exact) mass is 427 g/mol. The van der Waals surface area contributed by atoms with Crippen molar-refractivity contribution in [1.29, 1.82) is 0 Å². The maximum absolute atomic E-state index is 12.2. The summed E-state index contributed by atoms with van der Waals surface area (Å²) in [6.45, 7) is 7.64. The fourth-order valence-electron chi connectivity index (χ4n) is 4.03. The highest BCUT2D eigenvalue weighted by Crippen LogP contribution is 2.35. The Balaban J connectivity index is 0.00000256. The van der Waals surface area contributed by atoms with Gasteiger partial charge in [0.15, 0.2) is 5.78 Å². The molecule has 0 fully saturated rings. The second-order valence-corrected chi connectivity index (χ2v) is 8.47. The summed E-state index contributed by atoms with van der Waals surface area (Å²) in [6.07, 6.45) is 4.82. The van der Waals surface area contributed by atoms with Gasteiger partial charge in [0.25, 0.3) is 0 Å². The number of carbonyl (C=O) groups is 1. The predicted octanol–water partition coefficient (Wildman–Crippen LogP) is 5.41. The zero-order chi connectivity index (χ0) is 20.3. The molecule has 2 aromatic rings. The Labute approximate surface area is 185 Å². The molecule has 4 nitrogen and oxygen atoms in total. The number of benzene rings is 2. The van der Waals surface area contributed by atoms with E-state index in [1.807, 2.05) is 32.0 Å². The molecular formula is C25H30ClNO3. The van der Waals surface area contributed by atoms with Crippen molar-refractivity contribution in [3.8, 4) is 11.5 Å². The van der Waals surface area contributed by atoms with Crippen LogP contribution in [0, 0.1) is 0 Å². The lowest BCUT2D eigenvalue weighted by atomic mass is 9.93. The Morgan fingerprint density at radius 3 is 2.67 bits per heavy atom. The number of ketones is 1. The van der Waals surface area contributed by atoms with Crippen molar-refractivity contribution < 1.29 is 14.3 Å². The molecule has 0 saturated heterocycles. The number of Topliss-reactive ketones (excluding diaryl/α,β-unsaturated/α-hetero) is 1. The Morgan fingerprint density at radius 2 is 1.93 bits per heavy atom. The van der Waals surface area contributed by atoms with Gasteiger partial charge in [-0.15, -0.1) is 12.4 Å². The SMILES string of the molecule is CC1(C)CC(=O)c2ccc(OCCCN3CC=C(c4ccccc4)CC3)cc2O1.Cl. The van der Waals surface area contributed by atoms with E-state index in [4.69, 9.17) is 9.47 Å². The summed E-state index contributed by atoms with van der Waals surface area (Å²) in [7, 11) is 0. The Bertz CT molecular complexity index is 908. The number of rotatable bonds is 6. The third-order valence-corrected chi connectivity index (χ3v) is 5.55. The summed E-state index contributed by atoms with van der Waals surface area (Å²) >= 11 is 0. The smallest absolute Gasteiger partial charge is 0.170 e. The van der Waals surface area contributed by atoms with E-state index in [2.05, 4.69) is 41.3 Å². The van der Waals surface area contributed by atoms with E-state index in [0.717, 1.165) is 38.2 Å². The molecule has 160 valence electrons. The van der Waals surface area contributed by atoms with E-state index < -0.39 is 5.60 Å². The minimum Gasteiger partial charge on any atom is -0.493 e. The van der Waals surface area contributed by atoms with E-state index in [0.29, 0.717) is 24.3 Å². The Kier molecular flexibility index (Phi) is 7.22. The van der Waals surface area contributed by atoms with Crippen molar-refractivity contribution in [2.45, 2.75) is 38.7 Å². The first-order valence-corrected chi connectivity index (χ1v) is 10.5. The number of fused-ring (bicyclic) bond motifs is 1. The molecule has 0 bridgehead atoms. The summed E-state index contributed by atoms with van der Waals surface area (Å²) in [5, 5.41) is 0. The van der Waals surface area contributed by atoms with Crippen LogP contribution in [0.5, 0.6) is 11.5 Å². The lowest BCUT2D eigenvalue weighted by Crippen LogP contribution is -2.35. The van der Waals surface area contributed by atoms with Crippen LogP contribution in [-0.2, 0) is 0 Å². The van der Waals surface area contributed by atoms with E-state index in [9.17, 15) is 4.79 Å². The lowest BCUT2D eigenvalue weighted by Gasteiger charge is -2.31. The highest BCUT2D eigenvalue weighted by atomic mass is 35.5. The zero-order valence-electron chi connectivity index (χ0n) is 17.7.